The molecule has 1 saturated heterocycles. The van der Waals surface area contributed by atoms with Crippen LogP contribution in [0.15, 0.2) is 47.1 Å². The number of para-hydroxylation sites is 1. The zero-order valence-corrected chi connectivity index (χ0v) is 13.3. The number of nitro groups is 1. The number of benzene rings is 1. The van der Waals surface area contributed by atoms with Crippen molar-refractivity contribution in [1.29, 1.82) is 0 Å². The maximum absolute atomic E-state index is 11.3. The van der Waals surface area contributed by atoms with Gasteiger partial charge in [0.1, 0.15) is 5.76 Å². The summed E-state index contributed by atoms with van der Waals surface area (Å²) in [6.07, 6.45) is 3.75. The molecule has 6 nitrogen and oxygen atoms in total. The molecule has 4 rings (SSSR count). The molecule has 1 aliphatic heterocycles. The van der Waals surface area contributed by atoms with E-state index in [2.05, 4.69) is 9.88 Å². The summed E-state index contributed by atoms with van der Waals surface area (Å²) in [5.41, 5.74) is 2.26. The summed E-state index contributed by atoms with van der Waals surface area (Å²) in [5, 5.41) is 12.2. The van der Waals surface area contributed by atoms with Gasteiger partial charge in [-0.1, -0.05) is 12.1 Å². The molecule has 0 radical (unpaired) electrons. The van der Waals surface area contributed by atoms with Crippen LogP contribution in [0.4, 0.5) is 11.4 Å². The molecule has 0 aliphatic carbocycles. The van der Waals surface area contributed by atoms with Crippen molar-refractivity contribution in [3.8, 4) is 0 Å². The van der Waals surface area contributed by atoms with Gasteiger partial charge in [0, 0.05) is 29.4 Å². The number of hydrogen-bond donors (Lipinski definition) is 0. The van der Waals surface area contributed by atoms with Crippen molar-refractivity contribution in [3.05, 3.63) is 64.2 Å². The number of non-ortho nitro benzene ring substituents is 1. The van der Waals surface area contributed by atoms with Gasteiger partial charge >= 0.3 is 0 Å². The first-order valence-corrected chi connectivity index (χ1v) is 8.00. The van der Waals surface area contributed by atoms with Crippen molar-refractivity contribution in [2.75, 3.05) is 11.4 Å². The van der Waals surface area contributed by atoms with Gasteiger partial charge in [0.05, 0.1) is 17.2 Å². The smallest absolute Gasteiger partial charge is 0.295 e. The molecule has 6 heteroatoms. The van der Waals surface area contributed by atoms with E-state index in [-0.39, 0.29) is 16.7 Å². The quantitative estimate of drug-likeness (QED) is 0.528. The monoisotopic (exact) mass is 323 g/mol. The van der Waals surface area contributed by atoms with Crippen molar-refractivity contribution in [3.63, 3.8) is 0 Å². The highest BCUT2D eigenvalue weighted by atomic mass is 16.6. The molecule has 3 aromatic rings. The molecule has 1 atom stereocenters. The van der Waals surface area contributed by atoms with Crippen LogP contribution in [0.5, 0.6) is 0 Å². The first-order chi connectivity index (χ1) is 11.6. The fourth-order valence-electron chi connectivity index (χ4n) is 3.56. The minimum atomic E-state index is -0.369. The second kappa shape index (κ2) is 5.63. The molecule has 0 N–H and O–H groups in total. The molecule has 0 saturated carbocycles. The topological polar surface area (TPSA) is 72.4 Å². The molecule has 24 heavy (non-hydrogen) atoms. The molecule has 2 aromatic heterocycles. The van der Waals surface area contributed by atoms with E-state index >= 15 is 0 Å². The first kappa shape index (κ1) is 14.7. The highest BCUT2D eigenvalue weighted by Crippen LogP contribution is 2.40. The molecule has 122 valence electrons. The van der Waals surface area contributed by atoms with Gasteiger partial charge in [0.25, 0.3) is 5.69 Å². The zero-order chi connectivity index (χ0) is 16.7. The Hall–Kier alpha value is -2.89. The van der Waals surface area contributed by atoms with Gasteiger partial charge in [-0.05, 0) is 38.0 Å². The summed E-state index contributed by atoms with van der Waals surface area (Å²) in [5.74, 6) is 0.931. The van der Waals surface area contributed by atoms with Crippen LogP contribution in [0.1, 0.15) is 30.3 Å². The fourth-order valence-corrected chi connectivity index (χ4v) is 3.56. The largest absolute Gasteiger partial charge is 0.467 e. The number of aromatic nitrogens is 1. The number of fused-ring (bicyclic) bond motifs is 1. The molecular weight excluding hydrogens is 306 g/mol. The molecular formula is C18H17N3O3. The van der Waals surface area contributed by atoms with Crippen LogP contribution >= 0.6 is 0 Å². The minimum absolute atomic E-state index is 0.0474. The number of nitro benzene ring substituents is 1. The number of furan rings is 1. The average Bonchev–Trinajstić information content (AvgIpc) is 3.24. The van der Waals surface area contributed by atoms with Gasteiger partial charge < -0.3 is 9.32 Å². The Bertz CT molecular complexity index is 905. The van der Waals surface area contributed by atoms with E-state index in [1.165, 1.54) is 6.07 Å². The highest BCUT2D eigenvalue weighted by Gasteiger charge is 2.30. The molecule has 1 unspecified atom stereocenters. The van der Waals surface area contributed by atoms with Crippen LogP contribution in [0, 0.1) is 17.0 Å². The Kier molecular flexibility index (Phi) is 3.45. The standard InChI is InChI=1S/C18H17N3O3/c1-12-11-16(13-5-2-6-15(21(22)23)18(13)19-12)20-9-3-7-14(20)17-8-4-10-24-17/h2,4-6,8,10-11,14H,3,7,9H2,1H3. The van der Waals surface area contributed by atoms with Crippen LogP contribution < -0.4 is 4.90 Å². The second-order valence-corrected chi connectivity index (χ2v) is 6.08. The molecule has 0 amide bonds. The molecule has 0 spiro atoms. The second-order valence-electron chi connectivity index (χ2n) is 6.08. The summed E-state index contributed by atoms with van der Waals surface area (Å²) in [6.45, 7) is 2.77. The SMILES string of the molecule is Cc1cc(N2CCCC2c2ccco2)c2cccc([N+](=O)[O-])c2n1. The van der Waals surface area contributed by atoms with Crippen LogP contribution in [0.3, 0.4) is 0 Å². The third-order valence-corrected chi connectivity index (χ3v) is 4.55. The number of nitrogens with zero attached hydrogens (tertiary/aromatic N) is 3. The predicted molar refractivity (Wildman–Crippen MR) is 91.2 cm³/mol. The lowest BCUT2D eigenvalue weighted by atomic mass is 10.1. The van der Waals surface area contributed by atoms with Gasteiger partial charge in [-0.25, -0.2) is 4.98 Å². The molecule has 1 aromatic carbocycles. The third-order valence-electron chi connectivity index (χ3n) is 4.55. The van der Waals surface area contributed by atoms with E-state index in [9.17, 15) is 10.1 Å². The van der Waals surface area contributed by atoms with Crippen molar-refractivity contribution in [2.45, 2.75) is 25.8 Å². The number of aryl methyl sites for hydroxylation is 1. The third kappa shape index (κ3) is 2.31. The lowest BCUT2D eigenvalue weighted by Gasteiger charge is -2.27. The van der Waals surface area contributed by atoms with Gasteiger partial charge in [-0.15, -0.1) is 0 Å². The first-order valence-electron chi connectivity index (χ1n) is 8.00. The van der Waals surface area contributed by atoms with Crippen LogP contribution in [0.25, 0.3) is 10.9 Å². The van der Waals surface area contributed by atoms with Crippen molar-refractivity contribution >= 4 is 22.3 Å². The van der Waals surface area contributed by atoms with E-state index in [1.807, 2.05) is 31.2 Å². The predicted octanol–water partition coefficient (Wildman–Crippen LogP) is 4.39. The summed E-state index contributed by atoms with van der Waals surface area (Å²) >= 11 is 0. The highest BCUT2D eigenvalue weighted by molar-refractivity contribution is 5.97. The lowest BCUT2D eigenvalue weighted by molar-refractivity contribution is -0.383. The van der Waals surface area contributed by atoms with Crippen molar-refractivity contribution in [2.24, 2.45) is 0 Å². The van der Waals surface area contributed by atoms with Gasteiger partial charge in [-0.2, -0.15) is 0 Å². The average molecular weight is 323 g/mol. The summed E-state index contributed by atoms with van der Waals surface area (Å²) in [4.78, 5) is 17.7. The number of anilines is 1. The van der Waals surface area contributed by atoms with E-state index in [0.717, 1.165) is 41.9 Å². The van der Waals surface area contributed by atoms with E-state index < -0.39 is 0 Å². The normalized spacial score (nSPS) is 17.5. The Morgan fingerprint density at radius 3 is 2.96 bits per heavy atom. The number of hydrogen-bond acceptors (Lipinski definition) is 5. The molecule has 1 aliphatic rings. The Labute approximate surface area is 138 Å². The number of rotatable bonds is 3. The van der Waals surface area contributed by atoms with E-state index in [0.29, 0.717) is 5.52 Å². The number of pyridine rings is 1. The maximum Gasteiger partial charge on any atom is 0.295 e. The fraction of sp³-hybridized carbons (Fsp3) is 0.278. The molecule has 3 heterocycles. The van der Waals surface area contributed by atoms with Gasteiger partial charge in [-0.3, -0.25) is 10.1 Å². The van der Waals surface area contributed by atoms with Gasteiger partial charge in [0.15, 0.2) is 5.52 Å². The van der Waals surface area contributed by atoms with E-state index in [4.69, 9.17) is 4.42 Å². The maximum atomic E-state index is 11.3. The Morgan fingerprint density at radius 1 is 1.33 bits per heavy atom. The Balaban J connectivity index is 1.90. The summed E-state index contributed by atoms with van der Waals surface area (Å²) in [6, 6.07) is 11.2. The van der Waals surface area contributed by atoms with E-state index in [1.54, 1.807) is 12.3 Å². The lowest BCUT2D eigenvalue weighted by Crippen LogP contribution is -2.22. The van der Waals surface area contributed by atoms with Crippen molar-refractivity contribution < 1.29 is 9.34 Å². The molecule has 0 bridgehead atoms. The van der Waals surface area contributed by atoms with Gasteiger partial charge in [0.2, 0.25) is 0 Å². The van der Waals surface area contributed by atoms with Crippen LogP contribution in [0.2, 0.25) is 0 Å². The van der Waals surface area contributed by atoms with Crippen molar-refractivity contribution in [1.82, 2.24) is 4.98 Å². The zero-order valence-electron chi connectivity index (χ0n) is 13.3. The summed E-state index contributed by atoms with van der Waals surface area (Å²) < 4.78 is 5.61. The molecule has 1 fully saturated rings. The Morgan fingerprint density at radius 2 is 2.21 bits per heavy atom. The minimum Gasteiger partial charge on any atom is -0.467 e. The summed E-state index contributed by atoms with van der Waals surface area (Å²) in [7, 11) is 0. The van der Waals surface area contributed by atoms with Crippen LogP contribution in [-0.2, 0) is 0 Å². The van der Waals surface area contributed by atoms with Crippen LogP contribution in [-0.4, -0.2) is 16.5 Å².